The van der Waals surface area contributed by atoms with Crippen molar-refractivity contribution in [2.24, 2.45) is 0 Å². The van der Waals surface area contributed by atoms with Crippen LogP contribution in [0.3, 0.4) is 0 Å². The maximum Gasteiger partial charge on any atom is 0.333 e. The largest absolute Gasteiger partial charge is 0.490 e. The van der Waals surface area contributed by atoms with Gasteiger partial charge in [-0.15, -0.1) is 0 Å². The molecule has 98 valence electrons. The second-order valence-electron chi connectivity index (χ2n) is 4.45. The van der Waals surface area contributed by atoms with Crippen molar-refractivity contribution in [2.75, 3.05) is 13.2 Å². The summed E-state index contributed by atoms with van der Waals surface area (Å²) in [5.74, 6) is 0.428. The van der Waals surface area contributed by atoms with E-state index in [0.29, 0.717) is 12.2 Å². The van der Waals surface area contributed by atoms with Gasteiger partial charge in [0.05, 0.1) is 0 Å². The summed E-state index contributed by atoms with van der Waals surface area (Å²) in [7, 11) is 0. The number of esters is 1. The maximum absolute atomic E-state index is 11.1. The smallest absolute Gasteiger partial charge is 0.333 e. The summed E-state index contributed by atoms with van der Waals surface area (Å²) in [4.78, 5) is 11.1. The first-order valence-electron chi connectivity index (χ1n) is 5.95. The first kappa shape index (κ1) is 14.3. The van der Waals surface area contributed by atoms with Gasteiger partial charge in [0.25, 0.3) is 0 Å². The van der Waals surface area contributed by atoms with Crippen molar-refractivity contribution in [3.05, 3.63) is 41.0 Å². The summed E-state index contributed by atoms with van der Waals surface area (Å²) in [5, 5.41) is 0. The topological polar surface area (TPSA) is 35.5 Å². The van der Waals surface area contributed by atoms with Crippen LogP contribution in [-0.2, 0) is 9.53 Å². The summed E-state index contributed by atoms with van der Waals surface area (Å²) in [5.41, 5.74) is 4.07. The van der Waals surface area contributed by atoms with Crippen molar-refractivity contribution in [1.82, 2.24) is 0 Å². The van der Waals surface area contributed by atoms with Gasteiger partial charge in [0.15, 0.2) is 0 Å². The quantitative estimate of drug-likeness (QED) is 0.456. The highest BCUT2D eigenvalue weighted by Crippen LogP contribution is 2.20. The second kappa shape index (κ2) is 6.24. The minimum Gasteiger partial charge on any atom is -0.490 e. The van der Waals surface area contributed by atoms with E-state index in [4.69, 9.17) is 9.47 Å². The minimum atomic E-state index is -0.380. The number of aryl methyl sites for hydroxylation is 2. The first-order valence-corrected chi connectivity index (χ1v) is 5.95. The molecule has 18 heavy (non-hydrogen) atoms. The number of benzene rings is 1. The minimum absolute atomic E-state index is 0.234. The van der Waals surface area contributed by atoms with Crippen LogP contribution in [0.25, 0.3) is 0 Å². The molecule has 0 heterocycles. The lowest BCUT2D eigenvalue weighted by Gasteiger charge is -2.11. The van der Waals surface area contributed by atoms with Crippen LogP contribution in [0.5, 0.6) is 5.75 Å². The van der Waals surface area contributed by atoms with Gasteiger partial charge in [0.1, 0.15) is 19.0 Å². The molecular formula is C15H20O3. The highest BCUT2D eigenvalue weighted by Gasteiger charge is 2.04. The van der Waals surface area contributed by atoms with Gasteiger partial charge in [-0.05, 0) is 56.5 Å². The molecule has 0 saturated carbocycles. The van der Waals surface area contributed by atoms with Crippen LogP contribution < -0.4 is 4.74 Å². The molecule has 0 N–H and O–H groups in total. The van der Waals surface area contributed by atoms with Crippen LogP contribution in [0, 0.1) is 20.8 Å². The lowest BCUT2D eigenvalue weighted by Crippen LogP contribution is -2.12. The van der Waals surface area contributed by atoms with Crippen molar-refractivity contribution >= 4 is 5.97 Å². The number of carbonyl (C=O) groups excluding carboxylic acids is 1. The van der Waals surface area contributed by atoms with Gasteiger partial charge in [0, 0.05) is 5.57 Å². The van der Waals surface area contributed by atoms with E-state index in [2.05, 4.69) is 27.4 Å². The predicted molar refractivity (Wildman–Crippen MR) is 71.9 cm³/mol. The van der Waals surface area contributed by atoms with E-state index in [1.807, 2.05) is 12.1 Å². The molecule has 0 aromatic heterocycles. The normalized spacial score (nSPS) is 10.0. The lowest BCUT2D eigenvalue weighted by atomic mass is 10.0. The van der Waals surface area contributed by atoms with E-state index in [1.54, 1.807) is 6.92 Å². The molecule has 0 aliphatic heterocycles. The van der Waals surface area contributed by atoms with Crippen LogP contribution >= 0.6 is 0 Å². The maximum atomic E-state index is 11.1. The van der Waals surface area contributed by atoms with Crippen LogP contribution in [0.4, 0.5) is 0 Å². The van der Waals surface area contributed by atoms with Gasteiger partial charge < -0.3 is 9.47 Å². The highest BCUT2D eigenvalue weighted by atomic mass is 16.6. The molecule has 1 rings (SSSR count). The van der Waals surface area contributed by atoms with Crippen LogP contribution in [0.15, 0.2) is 24.3 Å². The van der Waals surface area contributed by atoms with Crippen LogP contribution in [-0.4, -0.2) is 19.2 Å². The Morgan fingerprint density at radius 2 is 1.72 bits per heavy atom. The van der Waals surface area contributed by atoms with Gasteiger partial charge in [-0.1, -0.05) is 6.58 Å². The zero-order chi connectivity index (χ0) is 13.7. The molecule has 3 nitrogen and oxygen atoms in total. The molecule has 0 aliphatic carbocycles. The Morgan fingerprint density at radius 3 is 2.22 bits per heavy atom. The zero-order valence-corrected chi connectivity index (χ0v) is 11.5. The van der Waals surface area contributed by atoms with Crippen molar-refractivity contribution in [2.45, 2.75) is 27.7 Å². The molecule has 0 fully saturated rings. The van der Waals surface area contributed by atoms with E-state index in [0.717, 1.165) is 5.75 Å². The van der Waals surface area contributed by atoms with Gasteiger partial charge in [-0.3, -0.25) is 0 Å². The molecule has 1 aromatic carbocycles. The van der Waals surface area contributed by atoms with Crippen molar-refractivity contribution in [3.8, 4) is 5.75 Å². The molecule has 1 aromatic rings. The van der Waals surface area contributed by atoms with Gasteiger partial charge in [-0.25, -0.2) is 4.79 Å². The van der Waals surface area contributed by atoms with E-state index < -0.39 is 0 Å². The predicted octanol–water partition coefficient (Wildman–Crippen LogP) is 3.11. The second-order valence-corrected chi connectivity index (χ2v) is 4.45. The Kier molecular flexibility index (Phi) is 4.95. The Bertz CT molecular complexity index is 438. The van der Waals surface area contributed by atoms with E-state index in [-0.39, 0.29) is 12.6 Å². The summed E-state index contributed by atoms with van der Waals surface area (Å²) in [6.07, 6.45) is 0. The molecular weight excluding hydrogens is 228 g/mol. The van der Waals surface area contributed by atoms with Gasteiger partial charge >= 0.3 is 5.97 Å². The number of hydrogen-bond acceptors (Lipinski definition) is 3. The third-order valence-corrected chi connectivity index (χ3v) is 2.83. The summed E-state index contributed by atoms with van der Waals surface area (Å²) in [6.45, 7) is 11.9. The summed E-state index contributed by atoms with van der Waals surface area (Å²) in [6, 6.07) is 3.98. The Morgan fingerprint density at radius 1 is 1.17 bits per heavy atom. The van der Waals surface area contributed by atoms with E-state index in [1.165, 1.54) is 16.7 Å². The molecule has 0 amide bonds. The standard InChI is InChI=1S/C15H20O3/c1-10(2)15(16)18-7-6-17-14-8-11(3)13(5)12(4)9-14/h8-9H,1,6-7H2,2-5H3. The molecule has 0 spiro atoms. The Labute approximate surface area is 108 Å². The number of carbonyl (C=O) groups is 1. The van der Waals surface area contributed by atoms with E-state index in [9.17, 15) is 4.79 Å². The lowest BCUT2D eigenvalue weighted by molar-refractivity contribution is -0.139. The fourth-order valence-electron chi connectivity index (χ4n) is 1.50. The van der Waals surface area contributed by atoms with Crippen molar-refractivity contribution < 1.29 is 14.3 Å². The van der Waals surface area contributed by atoms with Gasteiger partial charge in [0.2, 0.25) is 0 Å². The fourth-order valence-corrected chi connectivity index (χ4v) is 1.50. The first-order chi connectivity index (χ1) is 8.41. The molecule has 0 unspecified atom stereocenters. The van der Waals surface area contributed by atoms with Crippen molar-refractivity contribution in [3.63, 3.8) is 0 Å². The average Bonchev–Trinajstić information content (AvgIpc) is 2.31. The number of hydrogen-bond donors (Lipinski definition) is 0. The molecule has 0 saturated heterocycles. The monoisotopic (exact) mass is 248 g/mol. The Balaban J connectivity index is 2.45. The van der Waals surface area contributed by atoms with Crippen molar-refractivity contribution in [1.29, 1.82) is 0 Å². The molecule has 0 bridgehead atoms. The number of ether oxygens (including phenoxy) is 2. The Hall–Kier alpha value is -1.77. The third kappa shape index (κ3) is 3.91. The zero-order valence-electron chi connectivity index (χ0n) is 11.5. The fraction of sp³-hybridized carbons (Fsp3) is 0.400. The average molecular weight is 248 g/mol. The molecule has 3 heteroatoms. The molecule has 0 radical (unpaired) electrons. The van der Waals surface area contributed by atoms with Gasteiger partial charge in [-0.2, -0.15) is 0 Å². The van der Waals surface area contributed by atoms with E-state index >= 15 is 0 Å². The molecule has 0 aliphatic rings. The van der Waals surface area contributed by atoms with Crippen LogP contribution in [0.2, 0.25) is 0 Å². The third-order valence-electron chi connectivity index (χ3n) is 2.83. The molecule has 0 atom stereocenters. The highest BCUT2D eigenvalue weighted by molar-refractivity contribution is 5.86. The summed E-state index contributed by atoms with van der Waals surface area (Å²) < 4.78 is 10.5. The van der Waals surface area contributed by atoms with Crippen LogP contribution in [0.1, 0.15) is 23.6 Å². The summed E-state index contributed by atoms with van der Waals surface area (Å²) >= 11 is 0. The number of rotatable bonds is 5. The SMILES string of the molecule is C=C(C)C(=O)OCCOc1cc(C)c(C)c(C)c1.